The first-order valence-electron chi connectivity index (χ1n) is 9.71. The fourth-order valence-corrected chi connectivity index (χ4v) is 3.58. The number of hydrogen-bond acceptors (Lipinski definition) is 5. The number of nitrogens with zero attached hydrogens (tertiary/aromatic N) is 1. The molecule has 3 rings (SSSR count). The number of amides is 1. The molecule has 6 heteroatoms. The summed E-state index contributed by atoms with van der Waals surface area (Å²) in [4.78, 5) is 12.4. The lowest BCUT2D eigenvalue weighted by Gasteiger charge is -2.19. The maximum absolute atomic E-state index is 12.4. The molecule has 156 valence electrons. The molecule has 2 aromatic carbocycles. The summed E-state index contributed by atoms with van der Waals surface area (Å²) in [5.74, 6) is 1.08. The van der Waals surface area contributed by atoms with Gasteiger partial charge >= 0.3 is 6.09 Å². The van der Waals surface area contributed by atoms with Gasteiger partial charge in [0.2, 0.25) is 0 Å². The topological polar surface area (TPSA) is 48.0 Å². The third-order valence-electron chi connectivity index (χ3n) is 4.72. The third-order valence-corrected chi connectivity index (χ3v) is 5.32. The van der Waals surface area contributed by atoms with Crippen LogP contribution in [-0.2, 0) is 22.6 Å². The summed E-state index contributed by atoms with van der Waals surface area (Å²) in [5.41, 5.74) is 3.19. The third kappa shape index (κ3) is 5.46. The number of hydrogen-bond donors (Lipinski definition) is 0. The van der Waals surface area contributed by atoms with Gasteiger partial charge in [-0.3, -0.25) is 4.18 Å². The highest BCUT2D eigenvalue weighted by Gasteiger charge is 2.33. The van der Waals surface area contributed by atoms with Crippen molar-refractivity contribution in [1.29, 1.82) is 0 Å². The molecule has 0 fully saturated rings. The van der Waals surface area contributed by atoms with Gasteiger partial charge in [-0.25, -0.2) is 9.10 Å². The normalized spacial score (nSPS) is 14.8. The van der Waals surface area contributed by atoms with Gasteiger partial charge in [0, 0.05) is 19.0 Å². The second kappa shape index (κ2) is 8.28. The number of carbonyl (C=O) groups is 1. The number of fused-ring (bicyclic) bond motifs is 1. The minimum absolute atomic E-state index is 0.120. The minimum atomic E-state index is -0.514. The highest BCUT2D eigenvalue weighted by molar-refractivity contribution is 7.92. The van der Waals surface area contributed by atoms with Crippen LogP contribution in [0.15, 0.2) is 42.5 Å². The van der Waals surface area contributed by atoms with Gasteiger partial charge in [-0.1, -0.05) is 57.2 Å². The van der Waals surface area contributed by atoms with E-state index in [1.807, 2.05) is 38.1 Å². The highest BCUT2D eigenvalue weighted by Crippen LogP contribution is 2.42. The Morgan fingerprint density at radius 3 is 2.52 bits per heavy atom. The van der Waals surface area contributed by atoms with Crippen molar-refractivity contribution in [2.24, 2.45) is 0 Å². The Morgan fingerprint density at radius 2 is 1.86 bits per heavy atom. The molecule has 2 aromatic rings. The van der Waals surface area contributed by atoms with Crippen LogP contribution < -0.4 is 9.47 Å². The monoisotopic (exact) mass is 415 g/mol. The van der Waals surface area contributed by atoms with E-state index in [0.29, 0.717) is 18.1 Å². The molecule has 1 aliphatic rings. The van der Waals surface area contributed by atoms with E-state index in [1.165, 1.54) is 9.87 Å². The average Bonchev–Trinajstić information content (AvgIpc) is 2.96. The summed E-state index contributed by atoms with van der Waals surface area (Å²) >= 11 is 0.959. The molecule has 1 heterocycles. The maximum Gasteiger partial charge on any atom is 0.426 e. The molecular formula is C23H29NO4S. The van der Waals surface area contributed by atoms with Gasteiger partial charge in [-0.05, 0) is 36.5 Å². The lowest BCUT2D eigenvalue weighted by Crippen LogP contribution is -2.26. The predicted octanol–water partition coefficient (Wildman–Crippen LogP) is 5.91. The molecule has 29 heavy (non-hydrogen) atoms. The minimum Gasteiger partial charge on any atom is -0.483 e. The standard InChI is InChI=1S/C23H29NO4S/c1-22(2,3)18-12-10-16(11-13-18)15-26-29-24(6)21(25)27-19-9-7-8-17-14-23(4,5)28-20(17)19/h7-13H,14-15H2,1-6H3. The first-order chi connectivity index (χ1) is 13.5. The fraction of sp³-hybridized carbons (Fsp3) is 0.435. The van der Waals surface area contributed by atoms with Gasteiger partial charge < -0.3 is 9.47 Å². The summed E-state index contributed by atoms with van der Waals surface area (Å²) in [6.45, 7) is 11.0. The summed E-state index contributed by atoms with van der Waals surface area (Å²) in [6, 6.07) is 13.9. The summed E-state index contributed by atoms with van der Waals surface area (Å²) in [7, 11) is 1.61. The molecule has 0 atom stereocenters. The second-order valence-corrected chi connectivity index (χ2v) is 9.86. The van der Waals surface area contributed by atoms with E-state index < -0.39 is 6.09 Å². The molecule has 1 aliphatic heterocycles. The van der Waals surface area contributed by atoms with Gasteiger partial charge in [-0.15, -0.1) is 0 Å². The molecule has 0 unspecified atom stereocenters. The van der Waals surface area contributed by atoms with Crippen LogP contribution in [0, 0.1) is 0 Å². The number of para-hydroxylation sites is 1. The van der Waals surface area contributed by atoms with Crippen molar-refractivity contribution in [3.05, 3.63) is 59.2 Å². The smallest absolute Gasteiger partial charge is 0.426 e. The number of ether oxygens (including phenoxy) is 2. The SMILES string of the molecule is CN(SOCc1ccc(C(C)(C)C)cc1)C(=O)Oc1cccc2c1OC(C)(C)C2. The Kier molecular flexibility index (Phi) is 6.15. The van der Waals surface area contributed by atoms with E-state index in [0.717, 1.165) is 29.8 Å². The largest absolute Gasteiger partial charge is 0.483 e. The maximum atomic E-state index is 12.4. The molecule has 0 spiro atoms. The second-order valence-electron chi connectivity index (χ2n) is 8.93. The van der Waals surface area contributed by atoms with Gasteiger partial charge in [0.05, 0.1) is 6.61 Å². The molecule has 0 N–H and O–H groups in total. The van der Waals surface area contributed by atoms with Crippen molar-refractivity contribution < 1.29 is 18.5 Å². The Hall–Kier alpha value is -2.18. The summed E-state index contributed by atoms with van der Waals surface area (Å²) in [6.07, 6.45) is 0.273. The lowest BCUT2D eigenvalue weighted by molar-refractivity contribution is 0.131. The van der Waals surface area contributed by atoms with E-state index >= 15 is 0 Å². The van der Waals surface area contributed by atoms with Crippen molar-refractivity contribution in [1.82, 2.24) is 4.31 Å². The molecule has 0 bridgehead atoms. The zero-order valence-electron chi connectivity index (χ0n) is 17.9. The molecule has 0 aromatic heterocycles. The van der Waals surface area contributed by atoms with Crippen molar-refractivity contribution >= 4 is 18.3 Å². The Morgan fingerprint density at radius 1 is 1.17 bits per heavy atom. The zero-order chi connectivity index (χ0) is 21.2. The molecule has 0 saturated carbocycles. The van der Waals surface area contributed by atoms with Crippen molar-refractivity contribution in [3.63, 3.8) is 0 Å². The van der Waals surface area contributed by atoms with E-state index in [-0.39, 0.29) is 11.0 Å². The first-order valence-corrected chi connectivity index (χ1v) is 10.4. The van der Waals surface area contributed by atoms with Crippen LogP contribution in [0.5, 0.6) is 11.5 Å². The van der Waals surface area contributed by atoms with Gasteiger partial charge in [0.25, 0.3) is 0 Å². The number of benzene rings is 2. The number of rotatable bonds is 5. The quantitative estimate of drug-likeness (QED) is 0.449. The van der Waals surface area contributed by atoms with E-state index in [9.17, 15) is 4.79 Å². The van der Waals surface area contributed by atoms with Crippen LogP contribution in [0.4, 0.5) is 4.79 Å². The predicted molar refractivity (Wildman–Crippen MR) is 116 cm³/mol. The van der Waals surface area contributed by atoms with Crippen LogP contribution >= 0.6 is 12.2 Å². The Bertz CT molecular complexity index is 871. The zero-order valence-corrected chi connectivity index (χ0v) is 18.8. The van der Waals surface area contributed by atoms with Crippen molar-refractivity contribution in [2.75, 3.05) is 7.05 Å². The summed E-state index contributed by atoms with van der Waals surface area (Å²) < 4.78 is 18.4. The molecule has 0 radical (unpaired) electrons. The fourth-order valence-electron chi connectivity index (χ4n) is 3.13. The molecule has 5 nitrogen and oxygen atoms in total. The van der Waals surface area contributed by atoms with Crippen LogP contribution in [0.3, 0.4) is 0 Å². The Balaban J connectivity index is 1.51. The van der Waals surface area contributed by atoms with Gasteiger partial charge in [0.15, 0.2) is 11.5 Å². The Labute approximate surface area is 177 Å². The van der Waals surface area contributed by atoms with Crippen LogP contribution in [-0.4, -0.2) is 23.0 Å². The molecule has 1 amide bonds. The summed E-state index contributed by atoms with van der Waals surface area (Å²) in [5, 5.41) is 0. The number of carbonyl (C=O) groups excluding carboxylic acids is 1. The van der Waals surface area contributed by atoms with Crippen molar-refractivity contribution in [3.8, 4) is 11.5 Å². The highest BCUT2D eigenvalue weighted by atomic mass is 32.2. The van der Waals surface area contributed by atoms with E-state index in [2.05, 4.69) is 32.9 Å². The van der Waals surface area contributed by atoms with Crippen LogP contribution in [0.2, 0.25) is 0 Å². The molecule has 0 aliphatic carbocycles. The van der Waals surface area contributed by atoms with Gasteiger partial charge in [-0.2, -0.15) is 0 Å². The van der Waals surface area contributed by atoms with Gasteiger partial charge in [0.1, 0.15) is 17.8 Å². The van der Waals surface area contributed by atoms with E-state index in [1.54, 1.807) is 13.1 Å². The van der Waals surface area contributed by atoms with Crippen LogP contribution in [0.25, 0.3) is 0 Å². The molecule has 0 saturated heterocycles. The lowest BCUT2D eigenvalue weighted by atomic mass is 9.87. The first kappa shape index (κ1) is 21.5. The van der Waals surface area contributed by atoms with E-state index in [4.69, 9.17) is 13.7 Å². The average molecular weight is 416 g/mol. The van der Waals surface area contributed by atoms with Crippen LogP contribution in [0.1, 0.15) is 51.3 Å². The molecular weight excluding hydrogens is 386 g/mol. The van der Waals surface area contributed by atoms with Crippen molar-refractivity contribution in [2.45, 2.75) is 58.7 Å².